The molecule has 0 aliphatic carbocycles. The third kappa shape index (κ3) is 5.02. The van der Waals surface area contributed by atoms with E-state index in [1.807, 2.05) is 66.8 Å². The van der Waals surface area contributed by atoms with Crippen molar-refractivity contribution in [3.8, 4) is 11.1 Å². The minimum Gasteiger partial charge on any atom is -0.341 e. The predicted molar refractivity (Wildman–Crippen MR) is 125 cm³/mol. The Morgan fingerprint density at radius 1 is 1.00 bits per heavy atom. The molecule has 1 aromatic heterocycles. The summed E-state index contributed by atoms with van der Waals surface area (Å²) in [5.74, 6) is 0.779. The molecule has 2 aromatic carbocycles. The van der Waals surface area contributed by atoms with Gasteiger partial charge in [0.2, 0.25) is 5.95 Å². The van der Waals surface area contributed by atoms with Crippen LogP contribution < -0.4 is 10.2 Å². The molecule has 0 unspecified atom stereocenters. The second kappa shape index (κ2) is 9.60. The van der Waals surface area contributed by atoms with Crippen molar-refractivity contribution in [1.82, 2.24) is 14.9 Å². The number of nitrogens with one attached hydrogen (secondary N) is 1. The van der Waals surface area contributed by atoms with Gasteiger partial charge in [0.1, 0.15) is 0 Å². The molecule has 0 radical (unpaired) electrons. The fraction of sp³-hybridized carbons (Fsp3) is 0.320. The molecule has 0 spiro atoms. The Morgan fingerprint density at radius 2 is 1.61 bits per heavy atom. The number of benzene rings is 2. The molecule has 4 rings (SSSR count). The SMILES string of the molecule is CCc1cnc(N2CCC(N(C)C(=O)Nc3ccc(-c4ccccc4)cc3)CC2)nc1. The molecule has 2 heterocycles. The summed E-state index contributed by atoms with van der Waals surface area (Å²) in [6.45, 7) is 3.79. The van der Waals surface area contributed by atoms with E-state index in [0.29, 0.717) is 0 Å². The maximum Gasteiger partial charge on any atom is 0.321 e. The predicted octanol–water partition coefficient (Wildman–Crippen LogP) is 4.84. The number of hydrogen-bond donors (Lipinski definition) is 1. The van der Waals surface area contributed by atoms with E-state index in [0.717, 1.165) is 60.7 Å². The second-order valence-corrected chi connectivity index (χ2v) is 7.95. The van der Waals surface area contributed by atoms with E-state index in [2.05, 4.69) is 39.2 Å². The third-order valence-electron chi connectivity index (χ3n) is 5.96. The quantitative estimate of drug-likeness (QED) is 0.648. The number of hydrogen-bond acceptors (Lipinski definition) is 4. The number of aryl methyl sites for hydroxylation is 1. The Labute approximate surface area is 183 Å². The van der Waals surface area contributed by atoms with Crippen molar-refractivity contribution in [2.45, 2.75) is 32.2 Å². The Hall–Kier alpha value is -3.41. The highest BCUT2D eigenvalue weighted by atomic mass is 16.2. The molecule has 31 heavy (non-hydrogen) atoms. The van der Waals surface area contributed by atoms with Crippen LogP contribution in [0.2, 0.25) is 0 Å². The lowest BCUT2D eigenvalue weighted by Crippen LogP contribution is -2.47. The summed E-state index contributed by atoms with van der Waals surface area (Å²) in [6.07, 6.45) is 6.54. The van der Waals surface area contributed by atoms with E-state index < -0.39 is 0 Å². The first kappa shape index (κ1) is 20.8. The number of carbonyl (C=O) groups is 1. The average Bonchev–Trinajstić information content (AvgIpc) is 2.85. The summed E-state index contributed by atoms with van der Waals surface area (Å²) in [5.41, 5.74) is 4.25. The first-order valence-corrected chi connectivity index (χ1v) is 10.9. The van der Waals surface area contributed by atoms with E-state index in [1.165, 1.54) is 0 Å². The van der Waals surface area contributed by atoms with Crippen molar-refractivity contribution in [3.05, 3.63) is 72.6 Å². The summed E-state index contributed by atoms with van der Waals surface area (Å²) < 4.78 is 0. The van der Waals surface area contributed by atoms with E-state index >= 15 is 0 Å². The average molecular weight is 416 g/mol. The molecule has 1 aliphatic heterocycles. The van der Waals surface area contributed by atoms with Gasteiger partial charge in [0.05, 0.1) is 0 Å². The van der Waals surface area contributed by atoms with Crippen molar-refractivity contribution in [2.24, 2.45) is 0 Å². The number of rotatable bonds is 5. The molecule has 0 atom stereocenters. The Balaban J connectivity index is 1.30. The van der Waals surface area contributed by atoms with Gasteiger partial charge in [-0.15, -0.1) is 0 Å². The third-order valence-corrected chi connectivity index (χ3v) is 5.96. The van der Waals surface area contributed by atoms with Gasteiger partial charge >= 0.3 is 6.03 Å². The van der Waals surface area contributed by atoms with Gasteiger partial charge in [-0.3, -0.25) is 0 Å². The molecular weight excluding hydrogens is 386 g/mol. The standard InChI is InChI=1S/C25H29N5O/c1-3-19-17-26-24(27-18-19)30-15-13-23(14-16-30)29(2)25(31)28-22-11-9-21(10-12-22)20-7-5-4-6-8-20/h4-12,17-18,23H,3,13-16H2,1-2H3,(H,28,31). The Kier molecular flexibility index (Phi) is 6.46. The van der Waals surface area contributed by atoms with Crippen LogP contribution in [0.5, 0.6) is 0 Å². The van der Waals surface area contributed by atoms with Crippen molar-refractivity contribution >= 4 is 17.7 Å². The largest absolute Gasteiger partial charge is 0.341 e. The Bertz CT molecular complexity index is 981. The number of piperidine rings is 1. The lowest BCUT2D eigenvalue weighted by molar-refractivity contribution is 0.193. The number of carbonyl (C=O) groups excluding carboxylic acids is 1. The number of anilines is 2. The minimum atomic E-state index is -0.0746. The molecule has 0 bridgehead atoms. The van der Waals surface area contributed by atoms with Crippen molar-refractivity contribution < 1.29 is 4.79 Å². The molecule has 0 saturated carbocycles. The summed E-state index contributed by atoms with van der Waals surface area (Å²) in [5, 5.41) is 3.02. The van der Waals surface area contributed by atoms with E-state index in [9.17, 15) is 4.79 Å². The number of urea groups is 1. The van der Waals surface area contributed by atoms with E-state index in [1.54, 1.807) is 0 Å². The molecule has 1 aliphatic rings. The van der Waals surface area contributed by atoms with Crippen LogP contribution in [0.1, 0.15) is 25.3 Å². The van der Waals surface area contributed by atoms with Crippen LogP contribution in [0.25, 0.3) is 11.1 Å². The minimum absolute atomic E-state index is 0.0746. The van der Waals surface area contributed by atoms with E-state index in [4.69, 9.17) is 0 Å². The van der Waals surface area contributed by atoms with Gasteiger partial charge in [-0.25, -0.2) is 14.8 Å². The zero-order valence-corrected chi connectivity index (χ0v) is 18.2. The zero-order chi connectivity index (χ0) is 21.6. The van der Waals surface area contributed by atoms with Crippen LogP contribution in [0.15, 0.2) is 67.0 Å². The monoisotopic (exact) mass is 415 g/mol. The second-order valence-electron chi connectivity index (χ2n) is 7.95. The zero-order valence-electron chi connectivity index (χ0n) is 18.2. The van der Waals surface area contributed by atoms with Crippen LogP contribution in [0.4, 0.5) is 16.4 Å². The fourth-order valence-electron chi connectivity index (χ4n) is 3.90. The molecule has 1 saturated heterocycles. The lowest BCUT2D eigenvalue weighted by Gasteiger charge is -2.36. The maximum absolute atomic E-state index is 12.8. The molecule has 6 nitrogen and oxygen atoms in total. The van der Waals surface area contributed by atoms with Crippen molar-refractivity contribution in [3.63, 3.8) is 0 Å². The highest BCUT2D eigenvalue weighted by Crippen LogP contribution is 2.23. The normalized spacial score (nSPS) is 14.3. The first-order chi connectivity index (χ1) is 15.1. The molecule has 160 valence electrons. The van der Waals surface area contributed by atoms with Gasteiger partial charge in [0.15, 0.2) is 0 Å². The molecular formula is C25H29N5O. The Morgan fingerprint density at radius 3 is 2.23 bits per heavy atom. The van der Waals surface area contributed by atoms with Crippen LogP contribution in [0.3, 0.4) is 0 Å². The summed E-state index contributed by atoms with van der Waals surface area (Å²) in [7, 11) is 1.88. The molecule has 6 heteroatoms. The van der Waals surface area contributed by atoms with E-state index in [-0.39, 0.29) is 12.1 Å². The van der Waals surface area contributed by atoms with Gasteiger partial charge in [0, 0.05) is 44.3 Å². The fourth-order valence-corrected chi connectivity index (χ4v) is 3.90. The van der Waals surface area contributed by atoms with Gasteiger partial charge in [-0.05, 0) is 48.1 Å². The maximum atomic E-state index is 12.8. The number of aromatic nitrogens is 2. The van der Waals surface area contributed by atoms with Gasteiger partial charge in [-0.1, -0.05) is 49.4 Å². The molecule has 1 N–H and O–H groups in total. The van der Waals surface area contributed by atoms with Gasteiger partial charge < -0.3 is 15.1 Å². The summed E-state index contributed by atoms with van der Waals surface area (Å²) in [4.78, 5) is 25.8. The van der Waals surface area contributed by atoms with Gasteiger partial charge in [-0.2, -0.15) is 0 Å². The topological polar surface area (TPSA) is 61.4 Å². The summed E-state index contributed by atoms with van der Waals surface area (Å²) >= 11 is 0. The molecule has 1 fully saturated rings. The van der Waals surface area contributed by atoms with Crippen LogP contribution in [0, 0.1) is 0 Å². The number of nitrogens with zero attached hydrogens (tertiary/aromatic N) is 4. The number of amides is 2. The molecule has 2 amide bonds. The molecule has 3 aromatic rings. The summed E-state index contributed by atoms with van der Waals surface area (Å²) in [6, 6.07) is 18.3. The van der Waals surface area contributed by atoms with Crippen LogP contribution in [-0.2, 0) is 6.42 Å². The lowest BCUT2D eigenvalue weighted by atomic mass is 10.0. The first-order valence-electron chi connectivity index (χ1n) is 10.9. The van der Waals surface area contributed by atoms with Crippen LogP contribution in [-0.4, -0.2) is 47.1 Å². The van der Waals surface area contributed by atoms with Crippen LogP contribution >= 0.6 is 0 Å². The smallest absolute Gasteiger partial charge is 0.321 e. The van der Waals surface area contributed by atoms with Crippen molar-refractivity contribution in [2.75, 3.05) is 30.4 Å². The van der Waals surface area contributed by atoms with Gasteiger partial charge in [0.25, 0.3) is 0 Å². The highest BCUT2D eigenvalue weighted by Gasteiger charge is 2.26. The highest BCUT2D eigenvalue weighted by molar-refractivity contribution is 5.89. The van der Waals surface area contributed by atoms with Crippen molar-refractivity contribution in [1.29, 1.82) is 0 Å².